The molecule has 0 aliphatic rings. The Morgan fingerprint density at radius 2 is 2.19 bits per heavy atom. The van der Waals surface area contributed by atoms with Gasteiger partial charge in [-0.15, -0.1) is 0 Å². The number of pyridine rings is 1. The first kappa shape index (κ1) is 15.7. The van der Waals surface area contributed by atoms with Crippen molar-refractivity contribution in [2.24, 2.45) is 0 Å². The average Bonchev–Trinajstić information content (AvgIpc) is 2.47. The summed E-state index contributed by atoms with van der Waals surface area (Å²) in [6.07, 6.45) is 3.83. The molecule has 0 fully saturated rings. The van der Waals surface area contributed by atoms with Gasteiger partial charge >= 0.3 is 0 Å². The molecule has 0 spiro atoms. The van der Waals surface area contributed by atoms with Gasteiger partial charge in [0.2, 0.25) is 0 Å². The Labute approximate surface area is 129 Å². The van der Waals surface area contributed by atoms with Crippen LogP contribution < -0.4 is 10.1 Å². The minimum absolute atomic E-state index is 0.118. The van der Waals surface area contributed by atoms with E-state index in [2.05, 4.69) is 17.2 Å². The first-order valence-electron chi connectivity index (χ1n) is 6.91. The predicted molar refractivity (Wildman–Crippen MR) is 82.2 cm³/mol. The van der Waals surface area contributed by atoms with Gasteiger partial charge in [-0.25, -0.2) is 4.39 Å². The lowest BCUT2D eigenvalue weighted by atomic mass is 10.1. The van der Waals surface area contributed by atoms with Crippen LogP contribution in [0.4, 0.5) is 4.39 Å². The molecule has 2 rings (SSSR count). The van der Waals surface area contributed by atoms with Gasteiger partial charge in [0.15, 0.2) is 0 Å². The number of hydrogen-bond donors (Lipinski definition) is 1. The molecule has 21 heavy (non-hydrogen) atoms. The molecule has 1 N–H and O–H groups in total. The second kappa shape index (κ2) is 7.96. The Bertz CT molecular complexity index is 580. The van der Waals surface area contributed by atoms with E-state index in [-0.39, 0.29) is 11.9 Å². The molecule has 0 saturated carbocycles. The lowest BCUT2D eigenvalue weighted by Gasteiger charge is -2.19. The van der Waals surface area contributed by atoms with Crippen molar-refractivity contribution in [3.63, 3.8) is 0 Å². The summed E-state index contributed by atoms with van der Waals surface area (Å²) in [4.78, 5) is 3.89. The molecule has 1 aromatic heterocycles. The van der Waals surface area contributed by atoms with Crippen molar-refractivity contribution in [3.05, 3.63) is 59.1 Å². The average molecular weight is 309 g/mol. The molecule has 0 radical (unpaired) electrons. The molecule has 1 aromatic carbocycles. The summed E-state index contributed by atoms with van der Waals surface area (Å²) in [5, 5.41) is 3.96. The van der Waals surface area contributed by atoms with Gasteiger partial charge in [0.05, 0.1) is 12.2 Å². The van der Waals surface area contributed by atoms with Crippen LogP contribution in [0.5, 0.6) is 5.75 Å². The summed E-state index contributed by atoms with van der Waals surface area (Å²) in [6.45, 7) is 3.28. The molecular formula is C16H18ClFN2O. The topological polar surface area (TPSA) is 34.1 Å². The maximum atomic E-state index is 13.3. The minimum atomic E-state index is -0.349. The smallest absolute Gasteiger partial charge is 0.141 e. The monoisotopic (exact) mass is 308 g/mol. The van der Waals surface area contributed by atoms with Crippen LogP contribution in [0.1, 0.15) is 24.9 Å². The van der Waals surface area contributed by atoms with Crippen molar-refractivity contribution in [2.75, 3.05) is 13.2 Å². The van der Waals surface area contributed by atoms with E-state index in [0.29, 0.717) is 17.4 Å². The molecule has 1 unspecified atom stereocenters. The van der Waals surface area contributed by atoms with Gasteiger partial charge in [0.1, 0.15) is 18.2 Å². The Morgan fingerprint density at radius 3 is 2.90 bits per heavy atom. The molecule has 0 saturated heterocycles. The van der Waals surface area contributed by atoms with E-state index in [1.807, 2.05) is 12.1 Å². The van der Waals surface area contributed by atoms with Crippen LogP contribution in [0.3, 0.4) is 0 Å². The van der Waals surface area contributed by atoms with E-state index < -0.39 is 0 Å². The van der Waals surface area contributed by atoms with E-state index in [1.165, 1.54) is 12.3 Å². The van der Waals surface area contributed by atoms with E-state index in [9.17, 15) is 4.39 Å². The van der Waals surface area contributed by atoms with E-state index >= 15 is 0 Å². The number of nitrogens with zero attached hydrogens (tertiary/aromatic N) is 1. The molecular weight excluding hydrogens is 291 g/mol. The summed E-state index contributed by atoms with van der Waals surface area (Å²) in [5.74, 6) is 0.341. The quantitative estimate of drug-likeness (QED) is 0.839. The van der Waals surface area contributed by atoms with Crippen LogP contribution in [0.2, 0.25) is 5.02 Å². The van der Waals surface area contributed by atoms with Crippen LogP contribution in [-0.2, 0) is 0 Å². The van der Waals surface area contributed by atoms with Crippen LogP contribution in [0, 0.1) is 5.82 Å². The number of hydrogen-bond acceptors (Lipinski definition) is 3. The van der Waals surface area contributed by atoms with Gasteiger partial charge in [-0.3, -0.25) is 4.98 Å². The molecule has 112 valence electrons. The lowest BCUT2D eigenvalue weighted by Crippen LogP contribution is -2.27. The maximum Gasteiger partial charge on any atom is 0.141 e. The summed E-state index contributed by atoms with van der Waals surface area (Å²) in [6, 6.07) is 8.57. The highest BCUT2D eigenvalue weighted by atomic mass is 35.5. The number of ether oxygens (including phenoxy) is 1. The number of rotatable bonds is 7. The Morgan fingerprint density at radius 1 is 1.33 bits per heavy atom. The van der Waals surface area contributed by atoms with Gasteiger partial charge in [-0.1, -0.05) is 24.6 Å². The molecule has 0 aliphatic heterocycles. The van der Waals surface area contributed by atoms with Crippen LogP contribution in [0.25, 0.3) is 0 Å². The second-order valence-corrected chi connectivity index (χ2v) is 5.15. The number of benzene rings is 1. The third-order valence-electron chi connectivity index (χ3n) is 2.98. The highest BCUT2D eigenvalue weighted by Gasteiger charge is 2.13. The van der Waals surface area contributed by atoms with Crippen molar-refractivity contribution in [1.82, 2.24) is 10.3 Å². The second-order valence-electron chi connectivity index (χ2n) is 4.71. The van der Waals surface area contributed by atoms with Crippen LogP contribution in [-0.4, -0.2) is 18.1 Å². The summed E-state index contributed by atoms with van der Waals surface area (Å²) >= 11 is 5.93. The highest BCUT2D eigenvalue weighted by molar-refractivity contribution is 6.30. The van der Waals surface area contributed by atoms with E-state index in [0.717, 1.165) is 18.5 Å². The lowest BCUT2D eigenvalue weighted by molar-refractivity contribution is 0.266. The molecule has 0 bridgehead atoms. The fourth-order valence-electron chi connectivity index (χ4n) is 1.95. The van der Waals surface area contributed by atoms with Crippen LogP contribution >= 0.6 is 11.6 Å². The molecule has 1 heterocycles. The standard InChI is InChI=1S/C16H18ClFN2O/c1-2-6-20-16(12-7-14(18)10-19-9-12)11-21-15-5-3-4-13(17)8-15/h3-5,7-10,16,20H,2,6,11H2,1H3. The number of nitrogens with one attached hydrogen (secondary N) is 1. The summed E-state index contributed by atoms with van der Waals surface area (Å²) in [7, 11) is 0. The van der Waals surface area contributed by atoms with Crippen LogP contribution in [0.15, 0.2) is 42.7 Å². The third kappa shape index (κ3) is 4.99. The van der Waals surface area contributed by atoms with Crippen molar-refractivity contribution < 1.29 is 9.13 Å². The van der Waals surface area contributed by atoms with Gasteiger partial charge < -0.3 is 10.1 Å². The Kier molecular flexibility index (Phi) is 5.96. The fraction of sp³-hybridized carbons (Fsp3) is 0.312. The Hall–Kier alpha value is -1.65. The van der Waals surface area contributed by atoms with Crippen molar-refractivity contribution in [1.29, 1.82) is 0 Å². The largest absolute Gasteiger partial charge is 0.492 e. The van der Waals surface area contributed by atoms with Crippen molar-refractivity contribution >= 4 is 11.6 Å². The molecule has 0 aliphatic carbocycles. The van der Waals surface area contributed by atoms with Crippen molar-refractivity contribution in [2.45, 2.75) is 19.4 Å². The maximum absolute atomic E-state index is 13.3. The normalized spacial score (nSPS) is 12.1. The summed E-state index contributed by atoms with van der Waals surface area (Å²) < 4.78 is 19.1. The number of halogens is 2. The minimum Gasteiger partial charge on any atom is -0.492 e. The number of aromatic nitrogens is 1. The molecule has 2 aromatic rings. The zero-order valence-electron chi connectivity index (χ0n) is 11.9. The van der Waals surface area contributed by atoms with Gasteiger partial charge in [0.25, 0.3) is 0 Å². The van der Waals surface area contributed by atoms with Gasteiger partial charge in [-0.05, 0) is 42.8 Å². The zero-order valence-corrected chi connectivity index (χ0v) is 12.6. The van der Waals surface area contributed by atoms with Crippen molar-refractivity contribution in [3.8, 4) is 5.75 Å². The van der Waals surface area contributed by atoms with E-state index in [4.69, 9.17) is 16.3 Å². The molecule has 0 amide bonds. The summed E-state index contributed by atoms with van der Waals surface area (Å²) in [5.41, 5.74) is 0.769. The Balaban J connectivity index is 2.06. The SMILES string of the molecule is CCCNC(COc1cccc(Cl)c1)c1cncc(F)c1. The first-order chi connectivity index (χ1) is 10.2. The molecule has 1 atom stereocenters. The third-order valence-corrected chi connectivity index (χ3v) is 3.22. The first-order valence-corrected chi connectivity index (χ1v) is 7.29. The molecule has 5 heteroatoms. The fourth-order valence-corrected chi connectivity index (χ4v) is 2.13. The predicted octanol–water partition coefficient (Wildman–Crippen LogP) is 3.99. The zero-order chi connectivity index (χ0) is 15.1. The van der Waals surface area contributed by atoms with E-state index in [1.54, 1.807) is 18.3 Å². The van der Waals surface area contributed by atoms with Gasteiger partial charge in [-0.2, -0.15) is 0 Å². The highest BCUT2D eigenvalue weighted by Crippen LogP contribution is 2.20. The van der Waals surface area contributed by atoms with Gasteiger partial charge in [0, 0.05) is 11.2 Å². The molecule has 3 nitrogen and oxygen atoms in total.